The number of aromatic nitrogens is 2. The van der Waals surface area contributed by atoms with E-state index in [9.17, 15) is 4.79 Å². The highest BCUT2D eigenvalue weighted by atomic mass is 16.5. The summed E-state index contributed by atoms with van der Waals surface area (Å²) in [7, 11) is 0. The maximum absolute atomic E-state index is 12.0. The summed E-state index contributed by atoms with van der Waals surface area (Å²) in [5.74, 6) is 1.11. The van der Waals surface area contributed by atoms with Crippen molar-refractivity contribution in [2.75, 3.05) is 26.2 Å². The summed E-state index contributed by atoms with van der Waals surface area (Å²) in [4.78, 5) is 18.4. The quantitative estimate of drug-likeness (QED) is 0.744. The predicted molar refractivity (Wildman–Crippen MR) is 76.6 cm³/mol. The lowest BCUT2D eigenvalue weighted by Gasteiger charge is -2.33. The second-order valence-corrected chi connectivity index (χ2v) is 5.15. The standard InChI is InChI=1S/C14H24N4O3/c1-3-5-6-12-16-13(21-17-12)10-18-8-7-15-9-11(18)14(19)20-4-2/h11,15H,3-10H2,1-2H3. The van der Waals surface area contributed by atoms with Crippen LogP contribution in [-0.2, 0) is 22.5 Å². The Bertz CT molecular complexity index is 449. The predicted octanol–water partition coefficient (Wildman–Crippen LogP) is 0.749. The second-order valence-electron chi connectivity index (χ2n) is 5.15. The first-order valence-corrected chi connectivity index (χ1v) is 7.67. The van der Waals surface area contributed by atoms with E-state index in [1.165, 1.54) is 0 Å². The molecule has 1 aromatic rings. The van der Waals surface area contributed by atoms with Crippen LogP contribution in [0.4, 0.5) is 0 Å². The van der Waals surface area contributed by atoms with Gasteiger partial charge in [-0.25, -0.2) is 0 Å². The normalized spacial score (nSPS) is 19.6. The monoisotopic (exact) mass is 296 g/mol. The van der Waals surface area contributed by atoms with E-state index in [4.69, 9.17) is 9.26 Å². The van der Waals surface area contributed by atoms with Crippen LogP contribution in [0.25, 0.3) is 0 Å². The summed E-state index contributed by atoms with van der Waals surface area (Å²) in [5.41, 5.74) is 0. The molecule has 1 saturated heterocycles. The average Bonchev–Trinajstić information content (AvgIpc) is 2.93. The molecule has 1 aliphatic rings. The Kier molecular flexibility index (Phi) is 6.13. The lowest BCUT2D eigenvalue weighted by Crippen LogP contribution is -2.54. The molecule has 0 aliphatic carbocycles. The molecular formula is C14H24N4O3. The van der Waals surface area contributed by atoms with Crippen molar-refractivity contribution in [1.82, 2.24) is 20.4 Å². The van der Waals surface area contributed by atoms with Crippen LogP contribution in [0.2, 0.25) is 0 Å². The number of nitrogens with zero attached hydrogens (tertiary/aromatic N) is 3. The third-order valence-corrected chi connectivity index (χ3v) is 3.52. The van der Waals surface area contributed by atoms with Gasteiger partial charge in [-0.1, -0.05) is 18.5 Å². The highest BCUT2D eigenvalue weighted by molar-refractivity contribution is 5.76. The first kappa shape index (κ1) is 15.9. The van der Waals surface area contributed by atoms with E-state index in [1.807, 2.05) is 11.8 Å². The number of hydrogen-bond acceptors (Lipinski definition) is 7. The van der Waals surface area contributed by atoms with E-state index < -0.39 is 0 Å². The van der Waals surface area contributed by atoms with Gasteiger partial charge in [0.25, 0.3) is 0 Å². The molecule has 0 radical (unpaired) electrons. The molecule has 0 saturated carbocycles. The van der Waals surface area contributed by atoms with Crippen molar-refractivity contribution in [2.45, 2.75) is 45.7 Å². The molecule has 7 nitrogen and oxygen atoms in total. The Morgan fingerprint density at radius 3 is 3.14 bits per heavy atom. The molecule has 2 heterocycles. The fourth-order valence-electron chi connectivity index (χ4n) is 2.37. The smallest absolute Gasteiger partial charge is 0.324 e. The van der Waals surface area contributed by atoms with Gasteiger partial charge in [0.15, 0.2) is 5.82 Å². The van der Waals surface area contributed by atoms with E-state index in [1.54, 1.807) is 0 Å². The Morgan fingerprint density at radius 1 is 1.52 bits per heavy atom. The number of rotatable bonds is 7. The van der Waals surface area contributed by atoms with Crippen LogP contribution < -0.4 is 5.32 Å². The number of nitrogens with one attached hydrogen (secondary N) is 1. The molecule has 0 aromatic carbocycles. The molecule has 1 N–H and O–H groups in total. The van der Waals surface area contributed by atoms with Crippen molar-refractivity contribution < 1.29 is 14.1 Å². The molecule has 0 spiro atoms. The molecule has 118 valence electrons. The van der Waals surface area contributed by atoms with Gasteiger partial charge in [-0.15, -0.1) is 0 Å². The molecule has 0 amide bonds. The van der Waals surface area contributed by atoms with E-state index in [0.29, 0.717) is 25.6 Å². The minimum Gasteiger partial charge on any atom is -0.465 e. The fraction of sp³-hybridized carbons (Fsp3) is 0.786. The SMILES string of the molecule is CCCCc1noc(CN2CCNCC2C(=O)OCC)n1. The van der Waals surface area contributed by atoms with Gasteiger partial charge in [0.2, 0.25) is 5.89 Å². The molecule has 0 bridgehead atoms. The van der Waals surface area contributed by atoms with Crippen LogP contribution in [0.1, 0.15) is 38.4 Å². The number of carbonyl (C=O) groups excluding carboxylic acids is 1. The minimum atomic E-state index is -0.287. The van der Waals surface area contributed by atoms with Crippen LogP contribution in [0.5, 0.6) is 0 Å². The van der Waals surface area contributed by atoms with Gasteiger partial charge < -0.3 is 14.6 Å². The van der Waals surface area contributed by atoms with Gasteiger partial charge in [-0.3, -0.25) is 9.69 Å². The Hall–Kier alpha value is -1.47. The van der Waals surface area contributed by atoms with E-state index >= 15 is 0 Å². The van der Waals surface area contributed by atoms with Crippen LogP contribution in [0, 0.1) is 0 Å². The van der Waals surface area contributed by atoms with Crippen molar-refractivity contribution in [3.63, 3.8) is 0 Å². The van der Waals surface area contributed by atoms with Gasteiger partial charge in [-0.2, -0.15) is 4.98 Å². The summed E-state index contributed by atoms with van der Waals surface area (Å²) in [5, 5.41) is 7.19. The lowest BCUT2D eigenvalue weighted by atomic mass is 10.2. The van der Waals surface area contributed by atoms with Gasteiger partial charge in [0.1, 0.15) is 6.04 Å². The largest absolute Gasteiger partial charge is 0.465 e. The topological polar surface area (TPSA) is 80.5 Å². The van der Waals surface area contributed by atoms with Crippen LogP contribution >= 0.6 is 0 Å². The minimum absolute atomic E-state index is 0.199. The molecule has 1 unspecified atom stereocenters. The Balaban J connectivity index is 1.95. The lowest BCUT2D eigenvalue weighted by molar-refractivity contribution is -0.150. The zero-order valence-corrected chi connectivity index (χ0v) is 12.8. The first-order chi connectivity index (χ1) is 10.2. The summed E-state index contributed by atoms with van der Waals surface area (Å²) >= 11 is 0. The van der Waals surface area contributed by atoms with Crippen molar-refractivity contribution in [1.29, 1.82) is 0 Å². The number of unbranched alkanes of at least 4 members (excludes halogenated alkanes) is 1. The van der Waals surface area contributed by atoms with Crippen LogP contribution in [0.3, 0.4) is 0 Å². The highest BCUT2D eigenvalue weighted by Crippen LogP contribution is 2.11. The molecule has 2 rings (SSSR count). The molecule has 1 aromatic heterocycles. The van der Waals surface area contributed by atoms with Crippen LogP contribution in [0.15, 0.2) is 4.52 Å². The summed E-state index contributed by atoms with van der Waals surface area (Å²) in [6, 6.07) is -0.287. The zero-order valence-electron chi connectivity index (χ0n) is 12.8. The summed E-state index contributed by atoms with van der Waals surface area (Å²) in [6.07, 6.45) is 2.99. The van der Waals surface area contributed by atoms with Crippen molar-refractivity contribution >= 4 is 5.97 Å². The highest BCUT2D eigenvalue weighted by Gasteiger charge is 2.30. The molecule has 1 fully saturated rings. The van der Waals surface area contributed by atoms with Crippen molar-refractivity contribution in [3.8, 4) is 0 Å². The number of ether oxygens (including phenoxy) is 1. The molecule has 1 atom stereocenters. The Labute approximate surface area is 125 Å². The molecule has 1 aliphatic heterocycles. The van der Waals surface area contributed by atoms with Gasteiger partial charge in [-0.05, 0) is 13.3 Å². The van der Waals surface area contributed by atoms with Crippen LogP contribution in [-0.4, -0.2) is 53.3 Å². The molecule has 21 heavy (non-hydrogen) atoms. The first-order valence-electron chi connectivity index (χ1n) is 7.67. The second kappa shape index (κ2) is 8.09. The fourth-order valence-corrected chi connectivity index (χ4v) is 2.37. The van der Waals surface area contributed by atoms with Gasteiger partial charge >= 0.3 is 5.97 Å². The molecule has 7 heteroatoms. The van der Waals surface area contributed by atoms with Gasteiger partial charge in [0, 0.05) is 26.1 Å². The zero-order chi connectivity index (χ0) is 15.1. The van der Waals surface area contributed by atoms with Crippen molar-refractivity contribution in [3.05, 3.63) is 11.7 Å². The summed E-state index contributed by atoms with van der Waals surface area (Å²) in [6.45, 7) is 7.02. The van der Waals surface area contributed by atoms with E-state index in [-0.39, 0.29) is 12.0 Å². The van der Waals surface area contributed by atoms with E-state index in [2.05, 4.69) is 22.4 Å². The number of carbonyl (C=O) groups is 1. The van der Waals surface area contributed by atoms with Crippen molar-refractivity contribution in [2.24, 2.45) is 0 Å². The third kappa shape index (κ3) is 4.50. The number of aryl methyl sites for hydroxylation is 1. The molecular weight excluding hydrogens is 272 g/mol. The number of hydrogen-bond donors (Lipinski definition) is 1. The number of esters is 1. The van der Waals surface area contributed by atoms with E-state index in [0.717, 1.165) is 38.2 Å². The summed E-state index contributed by atoms with van der Waals surface area (Å²) < 4.78 is 10.4. The Morgan fingerprint density at radius 2 is 2.38 bits per heavy atom. The maximum Gasteiger partial charge on any atom is 0.324 e. The number of piperazine rings is 1. The van der Waals surface area contributed by atoms with Gasteiger partial charge in [0.05, 0.1) is 13.2 Å². The maximum atomic E-state index is 12.0. The third-order valence-electron chi connectivity index (χ3n) is 3.52. The average molecular weight is 296 g/mol.